The van der Waals surface area contributed by atoms with Crippen LogP contribution in [0.5, 0.6) is 23.0 Å². The summed E-state index contributed by atoms with van der Waals surface area (Å²) in [4.78, 5) is 12.4. The lowest BCUT2D eigenvalue weighted by molar-refractivity contribution is 0.375. The quantitative estimate of drug-likeness (QED) is 0.772. The van der Waals surface area contributed by atoms with Crippen molar-refractivity contribution in [3.05, 3.63) is 46.6 Å². The molecule has 6 nitrogen and oxygen atoms in total. The minimum absolute atomic E-state index is 0.0229. The standard InChI is InChI=1S/C17H14O6/c1-21-10-5-3-9(4-6-10)17-16(20)15(19)13-11(23-17)7-8-12(22-2)14(13)18/h3-8,18,20H,1-2H3. The van der Waals surface area contributed by atoms with E-state index >= 15 is 0 Å². The normalized spacial score (nSPS) is 10.7. The predicted molar refractivity (Wildman–Crippen MR) is 84.4 cm³/mol. The molecule has 0 unspecified atom stereocenters. The first kappa shape index (κ1) is 14.8. The molecule has 6 heteroatoms. The topological polar surface area (TPSA) is 89.1 Å². The van der Waals surface area contributed by atoms with Gasteiger partial charge in [-0.3, -0.25) is 4.79 Å². The molecule has 0 aliphatic carbocycles. The number of ether oxygens (including phenoxy) is 2. The summed E-state index contributed by atoms with van der Waals surface area (Å²) in [5.74, 6) is -0.156. The summed E-state index contributed by atoms with van der Waals surface area (Å²) in [6, 6.07) is 9.67. The molecular weight excluding hydrogens is 300 g/mol. The molecule has 0 spiro atoms. The zero-order valence-corrected chi connectivity index (χ0v) is 12.5. The number of benzene rings is 2. The maximum Gasteiger partial charge on any atom is 0.238 e. The lowest BCUT2D eigenvalue weighted by Gasteiger charge is -2.09. The molecule has 0 atom stereocenters. The number of aromatic hydroxyl groups is 2. The Labute approximate surface area is 131 Å². The van der Waals surface area contributed by atoms with E-state index in [1.807, 2.05) is 0 Å². The van der Waals surface area contributed by atoms with Crippen molar-refractivity contribution >= 4 is 11.0 Å². The van der Waals surface area contributed by atoms with Gasteiger partial charge in [-0.15, -0.1) is 0 Å². The van der Waals surface area contributed by atoms with Crippen molar-refractivity contribution in [2.45, 2.75) is 0 Å². The monoisotopic (exact) mass is 314 g/mol. The van der Waals surface area contributed by atoms with Gasteiger partial charge in [-0.25, -0.2) is 0 Å². The third-order valence-electron chi connectivity index (χ3n) is 3.54. The van der Waals surface area contributed by atoms with E-state index in [0.717, 1.165) is 0 Å². The highest BCUT2D eigenvalue weighted by atomic mass is 16.5. The van der Waals surface area contributed by atoms with E-state index in [-0.39, 0.29) is 28.2 Å². The lowest BCUT2D eigenvalue weighted by Crippen LogP contribution is -2.03. The molecule has 0 amide bonds. The van der Waals surface area contributed by atoms with Gasteiger partial charge in [0.2, 0.25) is 11.2 Å². The van der Waals surface area contributed by atoms with Crippen molar-refractivity contribution in [3.63, 3.8) is 0 Å². The van der Waals surface area contributed by atoms with Crippen LogP contribution in [-0.4, -0.2) is 24.4 Å². The molecule has 0 radical (unpaired) electrons. The third-order valence-corrected chi connectivity index (χ3v) is 3.54. The Hall–Kier alpha value is -3.15. The van der Waals surface area contributed by atoms with Gasteiger partial charge in [-0.2, -0.15) is 0 Å². The van der Waals surface area contributed by atoms with E-state index in [1.165, 1.54) is 19.2 Å². The number of rotatable bonds is 3. The number of hydrogen-bond donors (Lipinski definition) is 2. The van der Waals surface area contributed by atoms with Gasteiger partial charge in [-0.1, -0.05) is 0 Å². The molecule has 1 heterocycles. The first-order valence-electron chi connectivity index (χ1n) is 6.77. The minimum atomic E-state index is -0.728. The molecule has 0 saturated heterocycles. The molecule has 0 saturated carbocycles. The molecule has 3 rings (SSSR count). The third kappa shape index (κ3) is 2.34. The number of fused-ring (bicyclic) bond motifs is 1. The summed E-state index contributed by atoms with van der Waals surface area (Å²) in [5, 5.41) is 20.1. The fourth-order valence-electron chi connectivity index (χ4n) is 2.34. The lowest BCUT2D eigenvalue weighted by atomic mass is 10.1. The summed E-state index contributed by atoms with van der Waals surface area (Å²) >= 11 is 0. The summed E-state index contributed by atoms with van der Waals surface area (Å²) in [7, 11) is 2.91. The minimum Gasteiger partial charge on any atom is -0.504 e. The Morgan fingerprint density at radius 2 is 1.61 bits per heavy atom. The van der Waals surface area contributed by atoms with Crippen LogP contribution in [0.15, 0.2) is 45.6 Å². The van der Waals surface area contributed by atoms with Gasteiger partial charge in [0.1, 0.15) is 16.7 Å². The molecule has 0 aliphatic heterocycles. The van der Waals surface area contributed by atoms with E-state index in [4.69, 9.17) is 13.9 Å². The summed E-state index contributed by atoms with van der Waals surface area (Å²) in [6.45, 7) is 0. The largest absolute Gasteiger partial charge is 0.504 e. The molecule has 0 fully saturated rings. The van der Waals surface area contributed by atoms with Gasteiger partial charge in [0.05, 0.1) is 14.2 Å². The van der Waals surface area contributed by atoms with E-state index in [9.17, 15) is 15.0 Å². The fraction of sp³-hybridized carbons (Fsp3) is 0.118. The molecule has 1 aromatic heterocycles. The summed E-state index contributed by atoms with van der Waals surface area (Å²) in [6.07, 6.45) is 0. The molecular formula is C17H14O6. The van der Waals surface area contributed by atoms with Gasteiger partial charge in [0, 0.05) is 5.56 Å². The molecule has 23 heavy (non-hydrogen) atoms. The average Bonchev–Trinajstić information content (AvgIpc) is 2.58. The zero-order chi connectivity index (χ0) is 16.6. The Morgan fingerprint density at radius 1 is 0.913 bits per heavy atom. The van der Waals surface area contributed by atoms with Crippen LogP contribution in [0.1, 0.15) is 0 Å². The van der Waals surface area contributed by atoms with Crippen LogP contribution in [0, 0.1) is 0 Å². The highest BCUT2D eigenvalue weighted by Crippen LogP contribution is 2.37. The van der Waals surface area contributed by atoms with Crippen LogP contribution in [0.4, 0.5) is 0 Å². The van der Waals surface area contributed by atoms with Crippen LogP contribution in [0.25, 0.3) is 22.3 Å². The number of phenols is 1. The molecule has 118 valence electrons. The summed E-state index contributed by atoms with van der Waals surface area (Å²) in [5.41, 5.74) is -0.0667. The second-order valence-electron chi connectivity index (χ2n) is 4.83. The van der Waals surface area contributed by atoms with Crippen molar-refractivity contribution < 1.29 is 24.1 Å². The molecule has 0 aliphatic rings. The Bertz CT molecular complexity index is 924. The van der Waals surface area contributed by atoms with Crippen LogP contribution < -0.4 is 14.9 Å². The van der Waals surface area contributed by atoms with E-state index < -0.39 is 11.2 Å². The van der Waals surface area contributed by atoms with E-state index in [2.05, 4.69) is 0 Å². The number of phenolic OH excluding ortho intramolecular Hbond substituents is 1. The van der Waals surface area contributed by atoms with Gasteiger partial charge >= 0.3 is 0 Å². The van der Waals surface area contributed by atoms with Crippen molar-refractivity contribution in [1.29, 1.82) is 0 Å². The van der Waals surface area contributed by atoms with Crippen molar-refractivity contribution in [1.82, 2.24) is 0 Å². The van der Waals surface area contributed by atoms with Crippen molar-refractivity contribution in [2.24, 2.45) is 0 Å². The second kappa shape index (κ2) is 5.57. The van der Waals surface area contributed by atoms with Crippen LogP contribution in [0.3, 0.4) is 0 Å². The maximum absolute atomic E-state index is 12.4. The zero-order valence-electron chi connectivity index (χ0n) is 12.5. The van der Waals surface area contributed by atoms with Gasteiger partial charge in [-0.05, 0) is 36.4 Å². The van der Waals surface area contributed by atoms with Crippen LogP contribution in [-0.2, 0) is 0 Å². The Morgan fingerprint density at radius 3 is 2.22 bits per heavy atom. The van der Waals surface area contributed by atoms with Gasteiger partial charge in [0.25, 0.3) is 0 Å². The maximum atomic E-state index is 12.4. The van der Waals surface area contributed by atoms with Crippen LogP contribution >= 0.6 is 0 Å². The highest BCUT2D eigenvalue weighted by Gasteiger charge is 2.19. The first-order valence-corrected chi connectivity index (χ1v) is 6.77. The predicted octanol–water partition coefficient (Wildman–Crippen LogP) is 2.89. The van der Waals surface area contributed by atoms with Crippen molar-refractivity contribution in [3.8, 4) is 34.3 Å². The van der Waals surface area contributed by atoms with Gasteiger partial charge in [0.15, 0.2) is 17.3 Å². The smallest absolute Gasteiger partial charge is 0.238 e. The Balaban J connectivity index is 2.27. The van der Waals surface area contributed by atoms with Gasteiger partial charge < -0.3 is 24.1 Å². The van der Waals surface area contributed by atoms with Crippen molar-refractivity contribution in [2.75, 3.05) is 14.2 Å². The van der Waals surface area contributed by atoms with E-state index in [1.54, 1.807) is 31.4 Å². The molecule has 0 bridgehead atoms. The highest BCUT2D eigenvalue weighted by molar-refractivity contribution is 5.89. The summed E-state index contributed by atoms with van der Waals surface area (Å²) < 4.78 is 15.6. The fourth-order valence-corrected chi connectivity index (χ4v) is 2.34. The average molecular weight is 314 g/mol. The molecule has 3 aromatic rings. The molecule has 2 N–H and O–H groups in total. The number of methoxy groups -OCH3 is 2. The first-order chi connectivity index (χ1) is 11.1. The van der Waals surface area contributed by atoms with Crippen LogP contribution in [0.2, 0.25) is 0 Å². The Kier molecular flexibility index (Phi) is 3.57. The van der Waals surface area contributed by atoms with E-state index in [0.29, 0.717) is 11.3 Å². The SMILES string of the molecule is COc1ccc(-c2oc3ccc(OC)c(O)c3c(=O)c2O)cc1. The number of hydrogen-bond acceptors (Lipinski definition) is 6. The molecule has 2 aromatic carbocycles. The second-order valence-corrected chi connectivity index (χ2v) is 4.83.